The Labute approximate surface area is 165 Å². The van der Waals surface area contributed by atoms with E-state index in [9.17, 15) is 4.79 Å². The molecular formula is C24H24N2O2. The van der Waals surface area contributed by atoms with Crippen LogP contribution in [0.1, 0.15) is 24.3 Å². The minimum absolute atomic E-state index is 0.563. The molecule has 4 rings (SSSR count). The van der Waals surface area contributed by atoms with Crippen LogP contribution >= 0.6 is 0 Å². The van der Waals surface area contributed by atoms with Gasteiger partial charge >= 0.3 is 0 Å². The zero-order valence-corrected chi connectivity index (χ0v) is 15.8. The summed E-state index contributed by atoms with van der Waals surface area (Å²) < 4.78 is 5.83. The number of ether oxygens (including phenoxy) is 1. The highest BCUT2D eigenvalue weighted by Crippen LogP contribution is 2.30. The molecule has 3 aromatic carbocycles. The standard InChI is InChI=1S/C24H24N2O2/c27-19-26(25-17-15-21(16-18-25)20-7-3-1-4-8-20)22-11-13-24(14-12-22)28-23-9-5-2-6-10-23/h1-14,19,21H,15-18H2. The van der Waals surface area contributed by atoms with E-state index in [0.717, 1.165) is 49.5 Å². The van der Waals surface area contributed by atoms with E-state index < -0.39 is 0 Å². The fraction of sp³-hybridized carbons (Fsp3) is 0.208. The molecule has 1 amide bonds. The van der Waals surface area contributed by atoms with E-state index in [-0.39, 0.29) is 0 Å². The second kappa shape index (κ2) is 8.72. The molecule has 0 spiro atoms. The van der Waals surface area contributed by atoms with Crippen molar-refractivity contribution >= 4 is 12.1 Å². The highest BCUT2D eigenvalue weighted by molar-refractivity contribution is 5.74. The number of carbonyl (C=O) groups excluding carboxylic acids is 1. The van der Waals surface area contributed by atoms with Gasteiger partial charge in [-0.05, 0) is 60.7 Å². The van der Waals surface area contributed by atoms with Crippen molar-refractivity contribution in [3.63, 3.8) is 0 Å². The summed E-state index contributed by atoms with van der Waals surface area (Å²) in [7, 11) is 0. The van der Waals surface area contributed by atoms with Crippen LogP contribution in [0.2, 0.25) is 0 Å². The predicted octanol–water partition coefficient (Wildman–Crippen LogP) is 5.24. The number of hydrogen-bond acceptors (Lipinski definition) is 3. The Hall–Kier alpha value is -3.11. The summed E-state index contributed by atoms with van der Waals surface area (Å²) in [5.41, 5.74) is 2.25. The number of rotatable bonds is 6. The molecule has 3 aromatic rings. The first kappa shape index (κ1) is 18.3. The van der Waals surface area contributed by atoms with Crippen LogP contribution in [-0.4, -0.2) is 24.5 Å². The monoisotopic (exact) mass is 372 g/mol. The zero-order valence-electron chi connectivity index (χ0n) is 15.8. The highest BCUT2D eigenvalue weighted by atomic mass is 16.5. The van der Waals surface area contributed by atoms with Crippen molar-refractivity contribution in [3.05, 3.63) is 90.5 Å². The molecule has 0 radical (unpaired) electrons. The van der Waals surface area contributed by atoms with Crippen molar-refractivity contribution in [2.24, 2.45) is 0 Å². The lowest BCUT2D eigenvalue weighted by molar-refractivity contribution is -0.110. The summed E-state index contributed by atoms with van der Waals surface area (Å²) in [4.78, 5) is 11.8. The van der Waals surface area contributed by atoms with Crippen LogP contribution in [0.3, 0.4) is 0 Å². The first-order valence-electron chi connectivity index (χ1n) is 9.71. The van der Waals surface area contributed by atoms with Gasteiger partial charge in [0.15, 0.2) is 0 Å². The Balaban J connectivity index is 1.39. The van der Waals surface area contributed by atoms with Gasteiger partial charge < -0.3 is 4.74 Å². The normalized spacial score (nSPS) is 15.1. The number of hydrogen-bond donors (Lipinski definition) is 0. The van der Waals surface area contributed by atoms with Crippen LogP contribution < -0.4 is 9.75 Å². The molecule has 4 heteroatoms. The van der Waals surface area contributed by atoms with Crippen LogP contribution in [0, 0.1) is 0 Å². The molecule has 0 saturated carbocycles. The van der Waals surface area contributed by atoms with Gasteiger partial charge in [0.05, 0.1) is 5.69 Å². The lowest BCUT2D eigenvalue weighted by Crippen LogP contribution is -2.46. The molecule has 0 N–H and O–H groups in total. The molecular weight excluding hydrogens is 348 g/mol. The van der Waals surface area contributed by atoms with Crippen molar-refractivity contribution < 1.29 is 9.53 Å². The molecule has 0 bridgehead atoms. The van der Waals surface area contributed by atoms with Gasteiger partial charge in [0.25, 0.3) is 0 Å². The van der Waals surface area contributed by atoms with Gasteiger partial charge in [-0.25, -0.2) is 10.0 Å². The van der Waals surface area contributed by atoms with E-state index in [1.54, 1.807) is 5.01 Å². The van der Waals surface area contributed by atoms with Gasteiger partial charge in [-0.1, -0.05) is 48.5 Å². The number of benzene rings is 3. The highest BCUT2D eigenvalue weighted by Gasteiger charge is 2.24. The zero-order chi connectivity index (χ0) is 19.2. The molecule has 4 nitrogen and oxygen atoms in total. The van der Waals surface area contributed by atoms with Gasteiger partial charge in [-0.3, -0.25) is 4.79 Å². The van der Waals surface area contributed by atoms with Crippen molar-refractivity contribution in [2.75, 3.05) is 18.1 Å². The number of piperidine rings is 1. The maximum absolute atomic E-state index is 11.8. The Kier molecular flexibility index (Phi) is 5.69. The summed E-state index contributed by atoms with van der Waals surface area (Å²) in [6.07, 6.45) is 2.99. The smallest absolute Gasteiger partial charge is 0.228 e. The van der Waals surface area contributed by atoms with Crippen LogP contribution in [-0.2, 0) is 4.79 Å². The van der Waals surface area contributed by atoms with Crippen molar-refractivity contribution in [1.29, 1.82) is 0 Å². The van der Waals surface area contributed by atoms with Gasteiger partial charge in [0, 0.05) is 13.1 Å². The third kappa shape index (κ3) is 4.24. The summed E-state index contributed by atoms with van der Waals surface area (Å²) in [6, 6.07) is 28.0. The number of para-hydroxylation sites is 1. The third-order valence-corrected chi connectivity index (χ3v) is 5.23. The van der Waals surface area contributed by atoms with E-state index in [1.165, 1.54) is 5.56 Å². The average Bonchev–Trinajstić information content (AvgIpc) is 2.77. The van der Waals surface area contributed by atoms with Gasteiger partial charge in [-0.15, -0.1) is 0 Å². The molecule has 0 aliphatic carbocycles. The summed E-state index contributed by atoms with van der Waals surface area (Å²) in [6.45, 7) is 1.72. The minimum Gasteiger partial charge on any atom is -0.457 e. The molecule has 28 heavy (non-hydrogen) atoms. The van der Waals surface area contributed by atoms with Crippen LogP contribution in [0.4, 0.5) is 5.69 Å². The number of carbonyl (C=O) groups is 1. The third-order valence-electron chi connectivity index (χ3n) is 5.23. The fourth-order valence-corrected chi connectivity index (χ4v) is 3.72. The molecule has 0 unspecified atom stereocenters. The number of amides is 1. The Morgan fingerprint density at radius 1 is 0.786 bits per heavy atom. The van der Waals surface area contributed by atoms with Gasteiger partial charge in [0.2, 0.25) is 6.41 Å². The molecule has 1 saturated heterocycles. The SMILES string of the molecule is O=CN(c1ccc(Oc2ccccc2)cc1)N1CCC(c2ccccc2)CC1. The van der Waals surface area contributed by atoms with E-state index in [2.05, 4.69) is 35.3 Å². The maximum atomic E-state index is 11.8. The molecule has 1 fully saturated rings. The maximum Gasteiger partial charge on any atom is 0.228 e. The molecule has 1 aliphatic heterocycles. The Bertz CT molecular complexity index is 873. The lowest BCUT2D eigenvalue weighted by atomic mass is 9.90. The second-order valence-electron chi connectivity index (χ2n) is 7.00. The lowest BCUT2D eigenvalue weighted by Gasteiger charge is -2.37. The first-order valence-corrected chi connectivity index (χ1v) is 9.71. The molecule has 1 aliphatic rings. The molecule has 0 aromatic heterocycles. The van der Waals surface area contributed by atoms with Crippen molar-refractivity contribution in [2.45, 2.75) is 18.8 Å². The summed E-state index contributed by atoms with van der Waals surface area (Å²) >= 11 is 0. The van der Waals surface area contributed by atoms with Gasteiger partial charge in [0.1, 0.15) is 11.5 Å². The largest absolute Gasteiger partial charge is 0.457 e. The number of nitrogens with zero attached hydrogens (tertiary/aromatic N) is 2. The van der Waals surface area contributed by atoms with Gasteiger partial charge in [-0.2, -0.15) is 0 Å². The second-order valence-corrected chi connectivity index (χ2v) is 7.00. The predicted molar refractivity (Wildman–Crippen MR) is 111 cm³/mol. The van der Waals surface area contributed by atoms with E-state index in [0.29, 0.717) is 5.92 Å². The quantitative estimate of drug-likeness (QED) is 0.555. The molecule has 0 atom stereocenters. The fourth-order valence-electron chi connectivity index (χ4n) is 3.72. The average molecular weight is 372 g/mol. The van der Waals surface area contributed by atoms with Crippen molar-refractivity contribution in [3.8, 4) is 11.5 Å². The van der Waals surface area contributed by atoms with E-state index >= 15 is 0 Å². The first-order chi connectivity index (χ1) is 13.8. The molecule has 1 heterocycles. The van der Waals surface area contributed by atoms with Crippen LogP contribution in [0.25, 0.3) is 0 Å². The Morgan fingerprint density at radius 3 is 1.96 bits per heavy atom. The van der Waals surface area contributed by atoms with E-state index in [4.69, 9.17) is 4.74 Å². The summed E-state index contributed by atoms with van der Waals surface area (Å²) in [5, 5.41) is 3.84. The van der Waals surface area contributed by atoms with Crippen LogP contribution in [0.15, 0.2) is 84.9 Å². The topological polar surface area (TPSA) is 32.8 Å². The Morgan fingerprint density at radius 2 is 1.36 bits per heavy atom. The van der Waals surface area contributed by atoms with Crippen molar-refractivity contribution in [1.82, 2.24) is 5.01 Å². The minimum atomic E-state index is 0.563. The van der Waals surface area contributed by atoms with Crippen LogP contribution in [0.5, 0.6) is 11.5 Å². The van der Waals surface area contributed by atoms with E-state index in [1.807, 2.05) is 54.6 Å². The molecule has 142 valence electrons. The summed E-state index contributed by atoms with van der Waals surface area (Å²) in [5.74, 6) is 2.11. The number of anilines is 1. The number of hydrazine groups is 1.